The van der Waals surface area contributed by atoms with Crippen molar-refractivity contribution in [2.45, 2.75) is 38.2 Å². The molecule has 0 saturated carbocycles. The zero-order valence-electron chi connectivity index (χ0n) is 19.7. The molecule has 4 aromatic rings. The summed E-state index contributed by atoms with van der Waals surface area (Å²) < 4.78 is 37.3. The van der Waals surface area contributed by atoms with E-state index in [1.165, 1.54) is 17.7 Å². The van der Waals surface area contributed by atoms with E-state index < -0.39 is 11.6 Å². The topological polar surface area (TPSA) is 78.1 Å². The first-order valence-electron chi connectivity index (χ1n) is 12.2. The summed E-state index contributed by atoms with van der Waals surface area (Å²) in [5.74, 6) is -1.01. The maximum absolute atomic E-state index is 14.8. The van der Waals surface area contributed by atoms with Gasteiger partial charge in [-0.1, -0.05) is 18.2 Å². The Morgan fingerprint density at radius 3 is 2.81 bits per heavy atom. The number of rotatable bonds is 5. The van der Waals surface area contributed by atoms with Crippen LogP contribution in [0.2, 0.25) is 0 Å². The fraction of sp³-hybridized carbons (Fsp3) is 0.259. The Labute approximate surface area is 210 Å². The second-order valence-electron chi connectivity index (χ2n) is 9.47. The first kappa shape index (κ1) is 22.1. The van der Waals surface area contributed by atoms with E-state index in [4.69, 9.17) is 4.74 Å². The van der Waals surface area contributed by atoms with E-state index in [0.717, 1.165) is 12.6 Å². The van der Waals surface area contributed by atoms with Crippen molar-refractivity contribution in [3.8, 4) is 22.6 Å². The summed E-state index contributed by atoms with van der Waals surface area (Å²) in [5.41, 5.74) is 4.14. The van der Waals surface area contributed by atoms with E-state index >= 15 is 0 Å². The van der Waals surface area contributed by atoms with Crippen LogP contribution in [-0.4, -0.2) is 54.0 Å². The molecule has 5 heterocycles. The molecule has 186 valence electrons. The molecule has 0 spiro atoms. The molecule has 1 amide bonds. The van der Waals surface area contributed by atoms with Crippen molar-refractivity contribution in [2.24, 2.45) is 0 Å². The quantitative estimate of drug-likeness (QED) is 0.389. The summed E-state index contributed by atoms with van der Waals surface area (Å²) >= 11 is 0. The fourth-order valence-corrected chi connectivity index (χ4v) is 5.33. The lowest BCUT2D eigenvalue weighted by atomic mass is 10.0. The molecule has 1 aromatic carbocycles. The Kier molecular flexibility index (Phi) is 5.03. The Balaban J connectivity index is 1.21. The minimum absolute atomic E-state index is 0.0418. The van der Waals surface area contributed by atoms with Gasteiger partial charge in [0.1, 0.15) is 23.0 Å². The summed E-state index contributed by atoms with van der Waals surface area (Å²) in [5, 5.41) is 9.25. The fourth-order valence-electron chi connectivity index (χ4n) is 5.33. The molecule has 3 aliphatic rings. The first-order valence-corrected chi connectivity index (χ1v) is 12.2. The average Bonchev–Trinajstić information content (AvgIpc) is 3.22. The van der Waals surface area contributed by atoms with Gasteiger partial charge < -0.3 is 9.64 Å². The normalized spacial score (nSPS) is 19.9. The largest absolute Gasteiger partial charge is 0.373 e. The summed E-state index contributed by atoms with van der Waals surface area (Å²) in [6.45, 7) is 1.73. The highest BCUT2D eigenvalue weighted by atomic mass is 19.1. The molecular formula is C27H22F2N6O2. The number of carbonyl (C=O) groups excluding carboxylic acids is 1. The third-order valence-corrected chi connectivity index (χ3v) is 7.16. The molecule has 0 unspecified atom stereocenters. The van der Waals surface area contributed by atoms with Crippen molar-refractivity contribution in [1.29, 1.82) is 0 Å². The van der Waals surface area contributed by atoms with Crippen molar-refractivity contribution in [3.63, 3.8) is 0 Å². The monoisotopic (exact) mass is 500 g/mol. The Hall–Kier alpha value is -4.18. The smallest absolute Gasteiger partial charge is 0.259 e. The molecule has 0 bridgehead atoms. The number of benzene rings is 1. The maximum Gasteiger partial charge on any atom is 0.259 e. The number of likely N-dealkylation sites (tertiary alicyclic amines) is 1. The third-order valence-electron chi connectivity index (χ3n) is 7.16. The molecule has 3 aromatic heterocycles. The standard InChI is InChI=1S/C27H22F2N6O2/c28-17-5-6-21(30-13-17)22-7-8-33(31-22)14-18-11-16-12-23(16)35(18)27(36)25-24-15-37-10-9-34(24)32-26(25)19-3-1-2-4-20(19)29/h1-8,12-13,18,23H,9-11,14-15H2/t18-,23-/m0/s1. The van der Waals surface area contributed by atoms with Crippen LogP contribution in [-0.2, 0) is 24.4 Å². The number of fused-ring (bicyclic) bond motifs is 2. The van der Waals surface area contributed by atoms with Crippen molar-refractivity contribution in [2.75, 3.05) is 6.61 Å². The number of hydrogen-bond donors (Lipinski definition) is 0. The van der Waals surface area contributed by atoms with E-state index in [-0.39, 0.29) is 24.6 Å². The molecule has 2 atom stereocenters. The number of aromatic nitrogens is 5. The average molecular weight is 501 g/mol. The zero-order valence-corrected chi connectivity index (χ0v) is 19.7. The van der Waals surface area contributed by atoms with Crippen molar-refractivity contribution < 1.29 is 18.3 Å². The second kappa shape index (κ2) is 8.45. The van der Waals surface area contributed by atoms with Gasteiger partial charge in [0, 0.05) is 11.8 Å². The van der Waals surface area contributed by atoms with Crippen LogP contribution in [0.25, 0.3) is 22.6 Å². The lowest BCUT2D eigenvalue weighted by Crippen LogP contribution is -2.41. The predicted octanol–water partition coefficient (Wildman–Crippen LogP) is 3.84. The third kappa shape index (κ3) is 3.75. The summed E-state index contributed by atoms with van der Waals surface area (Å²) in [6.07, 6.45) is 5.83. The van der Waals surface area contributed by atoms with Crippen LogP contribution in [0, 0.1) is 11.6 Å². The molecule has 1 aliphatic carbocycles. The highest BCUT2D eigenvalue weighted by molar-refractivity contribution is 6.02. The van der Waals surface area contributed by atoms with Crippen LogP contribution < -0.4 is 0 Å². The molecule has 37 heavy (non-hydrogen) atoms. The van der Waals surface area contributed by atoms with E-state index in [9.17, 15) is 13.6 Å². The van der Waals surface area contributed by atoms with Gasteiger partial charge in [-0.25, -0.2) is 8.78 Å². The van der Waals surface area contributed by atoms with E-state index in [1.54, 1.807) is 33.6 Å². The van der Waals surface area contributed by atoms with Crippen LogP contribution in [0.1, 0.15) is 22.5 Å². The predicted molar refractivity (Wildman–Crippen MR) is 129 cm³/mol. The minimum Gasteiger partial charge on any atom is -0.373 e. The molecule has 8 nitrogen and oxygen atoms in total. The number of hydrogen-bond acceptors (Lipinski definition) is 5. The van der Waals surface area contributed by atoms with Crippen molar-refractivity contribution in [1.82, 2.24) is 29.4 Å². The molecule has 7 rings (SSSR count). The molecule has 1 saturated heterocycles. The summed E-state index contributed by atoms with van der Waals surface area (Å²) in [6, 6.07) is 11.0. The highest BCUT2D eigenvalue weighted by Gasteiger charge is 2.48. The number of pyridine rings is 1. The number of halogens is 2. The number of nitrogens with zero attached hydrogens (tertiary/aromatic N) is 6. The Morgan fingerprint density at radius 2 is 1.97 bits per heavy atom. The van der Waals surface area contributed by atoms with Crippen molar-refractivity contribution in [3.05, 3.63) is 89.4 Å². The summed E-state index contributed by atoms with van der Waals surface area (Å²) in [4.78, 5) is 20.1. The number of amides is 1. The molecule has 2 aliphatic heterocycles. The lowest BCUT2D eigenvalue weighted by molar-refractivity contribution is 0.0655. The Morgan fingerprint density at radius 1 is 1.08 bits per heavy atom. The zero-order chi connectivity index (χ0) is 25.1. The summed E-state index contributed by atoms with van der Waals surface area (Å²) in [7, 11) is 0. The minimum atomic E-state index is -0.422. The van der Waals surface area contributed by atoms with Gasteiger partial charge in [0.05, 0.1) is 61.5 Å². The van der Waals surface area contributed by atoms with Crippen LogP contribution in [0.4, 0.5) is 8.78 Å². The van der Waals surface area contributed by atoms with Crippen LogP contribution in [0.5, 0.6) is 0 Å². The van der Waals surface area contributed by atoms with E-state index in [2.05, 4.69) is 21.3 Å². The SMILES string of the molecule is O=C(c1c(-c2ccccc2F)nn2c1COCC2)N1[C@H](Cn2ccc(-c3ccc(F)cn3)n2)CC2=C[C@@H]21. The molecule has 0 N–H and O–H groups in total. The van der Waals surface area contributed by atoms with Gasteiger partial charge in [0.15, 0.2) is 0 Å². The highest BCUT2D eigenvalue weighted by Crippen LogP contribution is 2.43. The van der Waals surface area contributed by atoms with Gasteiger partial charge in [-0.05, 0) is 42.3 Å². The maximum atomic E-state index is 14.8. The van der Waals surface area contributed by atoms with E-state index in [1.807, 2.05) is 17.2 Å². The van der Waals surface area contributed by atoms with Gasteiger partial charge in [-0.15, -0.1) is 0 Å². The van der Waals surface area contributed by atoms with Crippen molar-refractivity contribution >= 4 is 5.91 Å². The van der Waals surface area contributed by atoms with Crippen LogP contribution >= 0.6 is 0 Å². The van der Waals surface area contributed by atoms with Gasteiger partial charge in [0.25, 0.3) is 5.91 Å². The molecule has 1 fully saturated rings. The van der Waals surface area contributed by atoms with E-state index in [0.29, 0.717) is 53.6 Å². The van der Waals surface area contributed by atoms with Gasteiger partial charge >= 0.3 is 0 Å². The van der Waals surface area contributed by atoms with Crippen LogP contribution in [0.3, 0.4) is 0 Å². The molecule has 0 radical (unpaired) electrons. The molecule has 10 heteroatoms. The van der Waals surface area contributed by atoms with Gasteiger partial charge in [-0.2, -0.15) is 10.2 Å². The number of ether oxygens (including phenoxy) is 1. The lowest BCUT2D eigenvalue weighted by Gasteiger charge is -2.28. The molecular weight excluding hydrogens is 478 g/mol. The number of carbonyl (C=O) groups is 1. The van der Waals surface area contributed by atoms with Crippen LogP contribution in [0.15, 0.2) is 66.5 Å². The van der Waals surface area contributed by atoms with Gasteiger partial charge in [-0.3, -0.25) is 19.1 Å². The second-order valence-corrected chi connectivity index (χ2v) is 9.47. The van der Waals surface area contributed by atoms with Gasteiger partial charge in [0.2, 0.25) is 0 Å². The Bertz CT molecular complexity index is 1560. The first-order chi connectivity index (χ1) is 18.1.